The van der Waals surface area contributed by atoms with Crippen LogP contribution in [0.5, 0.6) is 5.75 Å². The maximum Gasteiger partial charge on any atom is 0.311 e. The number of nitrogens with one attached hydrogen (secondary N) is 1. The summed E-state index contributed by atoms with van der Waals surface area (Å²) in [6.45, 7) is 4.31. The number of ether oxygens (including phenoxy) is 1. The first kappa shape index (κ1) is 19.7. The van der Waals surface area contributed by atoms with Gasteiger partial charge < -0.3 is 15.0 Å². The summed E-state index contributed by atoms with van der Waals surface area (Å²) in [5.41, 5.74) is 2.49. The monoisotopic (exact) mass is 390 g/mol. The number of benzene rings is 2. The molecule has 1 N–H and O–H groups in total. The summed E-state index contributed by atoms with van der Waals surface area (Å²) < 4.78 is 5.53. The number of carbonyl (C=O) groups is 1. The highest BCUT2D eigenvalue weighted by atomic mass is 16.5. The third-order valence-corrected chi connectivity index (χ3v) is 5.98. The fourth-order valence-corrected chi connectivity index (χ4v) is 4.29. The van der Waals surface area contributed by atoms with Crippen LogP contribution in [0.1, 0.15) is 31.2 Å². The lowest BCUT2D eigenvalue weighted by molar-refractivity contribution is -0.135. The molecule has 2 fully saturated rings. The van der Waals surface area contributed by atoms with Gasteiger partial charge in [0.2, 0.25) is 0 Å². The number of para-hydroxylation sites is 1. The molecule has 2 atom stereocenters. The van der Waals surface area contributed by atoms with Crippen LogP contribution < -0.4 is 15.0 Å². The van der Waals surface area contributed by atoms with Crippen molar-refractivity contribution in [2.75, 3.05) is 31.1 Å². The van der Waals surface area contributed by atoms with Gasteiger partial charge in [-0.05, 0) is 74.0 Å². The second-order valence-electron chi connectivity index (χ2n) is 8.05. The van der Waals surface area contributed by atoms with E-state index in [1.54, 1.807) is 0 Å². The van der Waals surface area contributed by atoms with Crippen LogP contribution >= 0.6 is 0 Å². The molecule has 2 aromatic rings. The maximum atomic E-state index is 12.5. The molecule has 0 amide bonds. The summed E-state index contributed by atoms with van der Waals surface area (Å²) in [6, 6.07) is 18.1. The molecule has 4 heteroatoms. The van der Waals surface area contributed by atoms with Crippen molar-refractivity contribution in [3.05, 3.63) is 66.2 Å². The molecule has 2 aliphatic heterocycles. The third kappa shape index (κ3) is 5.48. The van der Waals surface area contributed by atoms with Gasteiger partial charge in [0.25, 0.3) is 0 Å². The Kier molecular flexibility index (Phi) is 6.63. The summed E-state index contributed by atoms with van der Waals surface area (Å²) >= 11 is 0. The van der Waals surface area contributed by atoms with E-state index in [4.69, 9.17) is 4.74 Å². The number of allylic oxidation sites excluding steroid dienone is 1. The Morgan fingerprint density at radius 2 is 1.86 bits per heavy atom. The normalized spacial score (nSPS) is 20.3. The molecule has 2 aromatic carbocycles. The Morgan fingerprint density at radius 3 is 2.55 bits per heavy atom. The summed E-state index contributed by atoms with van der Waals surface area (Å²) in [4.78, 5) is 14.9. The lowest BCUT2D eigenvalue weighted by atomic mass is 9.88. The van der Waals surface area contributed by atoms with Crippen molar-refractivity contribution < 1.29 is 9.53 Å². The maximum absolute atomic E-state index is 12.5. The van der Waals surface area contributed by atoms with Crippen molar-refractivity contribution in [3.8, 4) is 5.75 Å². The first-order valence-electron chi connectivity index (χ1n) is 10.8. The number of carbonyl (C=O) groups excluding carboxylic acids is 1. The standard InChI is InChI=1S/C25H30N2O2/c28-25(29-24-6-2-1-3-7-24)18-21(22-14-15-26-19-22)11-8-20-9-12-23(13-10-20)27-16-4-5-17-27/h1-3,6-13,21-22,26H,4-5,14-19H2. The Balaban J connectivity index is 1.40. The van der Waals surface area contributed by atoms with Crippen molar-refractivity contribution in [2.24, 2.45) is 11.8 Å². The molecule has 4 rings (SSSR count). The number of nitrogens with zero attached hydrogens (tertiary/aromatic N) is 1. The number of esters is 1. The molecule has 29 heavy (non-hydrogen) atoms. The molecule has 0 aliphatic carbocycles. The van der Waals surface area contributed by atoms with Gasteiger partial charge >= 0.3 is 5.97 Å². The van der Waals surface area contributed by atoms with Crippen LogP contribution in [-0.2, 0) is 4.79 Å². The Hall–Kier alpha value is -2.59. The van der Waals surface area contributed by atoms with Gasteiger partial charge in [0.05, 0.1) is 6.42 Å². The van der Waals surface area contributed by atoms with E-state index in [0.717, 1.165) is 32.6 Å². The Bertz CT molecular complexity index is 804. The van der Waals surface area contributed by atoms with Crippen molar-refractivity contribution >= 4 is 17.7 Å². The van der Waals surface area contributed by atoms with E-state index < -0.39 is 0 Å². The predicted octanol–water partition coefficient (Wildman–Crippen LogP) is 4.52. The molecule has 2 saturated heterocycles. The summed E-state index contributed by atoms with van der Waals surface area (Å²) in [5, 5.41) is 3.42. The molecule has 0 bridgehead atoms. The zero-order valence-corrected chi connectivity index (χ0v) is 16.9. The number of hydrogen-bond donors (Lipinski definition) is 1. The molecular weight excluding hydrogens is 360 g/mol. The molecule has 0 radical (unpaired) electrons. The summed E-state index contributed by atoms with van der Waals surface area (Å²) in [6.07, 6.45) is 8.45. The van der Waals surface area contributed by atoms with Crippen LogP contribution in [0.25, 0.3) is 6.08 Å². The molecular formula is C25H30N2O2. The van der Waals surface area contributed by atoms with Gasteiger partial charge in [-0.1, -0.05) is 42.5 Å². The van der Waals surface area contributed by atoms with Gasteiger partial charge in [-0.15, -0.1) is 0 Å². The topological polar surface area (TPSA) is 41.6 Å². The summed E-state index contributed by atoms with van der Waals surface area (Å²) in [7, 11) is 0. The first-order chi connectivity index (χ1) is 14.3. The van der Waals surface area contributed by atoms with Crippen LogP contribution in [0.3, 0.4) is 0 Å². The van der Waals surface area contributed by atoms with E-state index in [0.29, 0.717) is 18.1 Å². The molecule has 0 aromatic heterocycles. The number of hydrogen-bond acceptors (Lipinski definition) is 4. The average molecular weight is 391 g/mol. The van der Waals surface area contributed by atoms with Gasteiger partial charge in [-0.2, -0.15) is 0 Å². The minimum absolute atomic E-state index is 0.165. The molecule has 2 heterocycles. The highest BCUT2D eigenvalue weighted by molar-refractivity contribution is 5.73. The van der Waals surface area contributed by atoms with E-state index in [1.165, 1.54) is 24.1 Å². The molecule has 4 nitrogen and oxygen atoms in total. The van der Waals surface area contributed by atoms with Crippen molar-refractivity contribution in [3.63, 3.8) is 0 Å². The summed E-state index contributed by atoms with van der Waals surface area (Å²) in [5.74, 6) is 1.10. The van der Waals surface area contributed by atoms with Gasteiger partial charge in [-0.25, -0.2) is 0 Å². The van der Waals surface area contributed by atoms with Crippen LogP contribution in [-0.4, -0.2) is 32.1 Å². The lowest BCUT2D eigenvalue weighted by Crippen LogP contribution is -2.21. The van der Waals surface area contributed by atoms with Crippen molar-refractivity contribution in [1.29, 1.82) is 0 Å². The van der Waals surface area contributed by atoms with Crippen LogP contribution in [0.4, 0.5) is 5.69 Å². The van der Waals surface area contributed by atoms with Gasteiger partial charge in [0, 0.05) is 18.8 Å². The van der Waals surface area contributed by atoms with Crippen molar-refractivity contribution in [2.45, 2.75) is 25.7 Å². The molecule has 2 unspecified atom stereocenters. The second kappa shape index (κ2) is 9.75. The molecule has 2 aliphatic rings. The van der Waals surface area contributed by atoms with E-state index in [2.05, 4.69) is 46.6 Å². The Labute approximate surface area is 173 Å². The quantitative estimate of drug-likeness (QED) is 0.557. The second-order valence-corrected chi connectivity index (χ2v) is 8.05. The smallest absolute Gasteiger partial charge is 0.311 e. The van der Waals surface area contributed by atoms with Crippen molar-refractivity contribution in [1.82, 2.24) is 5.32 Å². The van der Waals surface area contributed by atoms with Crippen LogP contribution in [0.2, 0.25) is 0 Å². The van der Waals surface area contributed by atoms with Gasteiger partial charge in [0.1, 0.15) is 5.75 Å². The zero-order chi connectivity index (χ0) is 19.9. The van der Waals surface area contributed by atoms with Crippen LogP contribution in [0, 0.1) is 11.8 Å². The fraction of sp³-hybridized carbons (Fsp3) is 0.400. The third-order valence-electron chi connectivity index (χ3n) is 5.98. The Morgan fingerprint density at radius 1 is 1.10 bits per heavy atom. The lowest BCUT2D eigenvalue weighted by Gasteiger charge is -2.19. The van der Waals surface area contributed by atoms with E-state index in [1.807, 2.05) is 30.3 Å². The molecule has 0 saturated carbocycles. The largest absolute Gasteiger partial charge is 0.427 e. The SMILES string of the molecule is O=C(CC(C=Cc1ccc(N2CCCC2)cc1)C1CCNC1)Oc1ccccc1. The average Bonchev–Trinajstić information content (AvgIpc) is 3.46. The predicted molar refractivity (Wildman–Crippen MR) is 118 cm³/mol. The minimum atomic E-state index is -0.165. The number of anilines is 1. The van der Waals surface area contributed by atoms with E-state index in [-0.39, 0.29) is 11.9 Å². The fourth-order valence-electron chi connectivity index (χ4n) is 4.29. The highest BCUT2D eigenvalue weighted by Gasteiger charge is 2.25. The first-order valence-corrected chi connectivity index (χ1v) is 10.8. The van der Waals surface area contributed by atoms with Gasteiger partial charge in [-0.3, -0.25) is 4.79 Å². The van der Waals surface area contributed by atoms with E-state index in [9.17, 15) is 4.79 Å². The highest BCUT2D eigenvalue weighted by Crippen LogP contribution is 2.26. The molecule has 152 valence electrons. The molecule has 0 spiro atoms. The van der Waals surface area contributed by atoms with E-state index >= 15 is 0 Å². The van der Waals surface area contributed by atoms with Crippen LogP contribution in [0.15, 0.2) is 60.7 Å². The zero-order valence-electron chi connectivity index (χ0n) is 16.9. The number of rotatable bonds is 7. The van der Waals surface area contributed by atoms with Gasteiger partial charge in [0.15, 0.2) is 0 Å². The minimum Gasteiger partial charge on any atom is -0.427 e.